The molecule has 0 bridgehead atoms. The quantitative estimate of drug-likeness (QED) is 0.902. The average Bonchev–Trinajstić information content (AvgIpc) is 2.40. The highest BCUT2D eigenvalue weighted by molar-refractivity contribution is 6.32. The van der Waals surface area contributed by atoms with Crippen LogP contribution in [0.2, 0.25) is 5.02 Å². The fraction of sp³-hybridized carbons (Fsp3) is 0.600. The molecule has 1 aliphatic rings. The van der Waals surface area contributed by atoms with Crippen molar-refractivity contribution in [2.75, 3.05) is 20.2 Å². The standard InChI is InChI=1S/C15H22ClNO/c1-3-12-10-15(18-2)14(16)9-13(12)8-11-4-6-17-7-5-11/h9-11,17H,3-8H2,1-2H3. The van der Waals surface area contributed by atoms with E-state index in [-0.39, 0.29) is 0 Å². The van der Waals surface area contributed by atoms with Crippen molar-refractivity contribution in [3.8, 4) is 5.75 Å². The molecule has 1 aromatic rings. The summed E-state index contributed by atoms with van der Waals surface area (Å²) >= 11 is 6.24. The lowest BCUT2D eigenvalue weighted by molar-refractivity contribution is 0.371. The van der Waals surface area contributed by atoms with Crippen LogP contribution in [-0.2, 0) is 12.8 Å². The van der Waals surface area contributed by atoms with Gasteiger partial charge in [0.1, 0.15) is 5.75 Å². The van der Waals surface area contributed by atoms with Gasteiger partial charge >= 0.3 is 0 Å². The molecule has 1 saturated heterocycles. The number of nitrogens with one attached hydrogen (secondary N) is 1. The summed E-state index contributed by atoms with van der Waals surface area (Å²) in [4.78, 5) is 0. The summed E-state index contributed by atoms with van der Waals surface area (Å²) in [6.07, 6.45) is 4.72. The molecule has 1 aromatic carbocycles. The van der Waals surface area contributed by atoms with Crippen LogP contribution in [0.3, 0.4) is 0 Å². The Morgan fingerprint density at radius 3 is 2.61 bits per heavy atom. The van der Waals surface area contributed by atoms with Gasteiger partial charge in [-0.3, -0.25) is 0 Å². The third-order valence-electron chi connectivity index (χ3n) is 3.82. The van der Waals surface area contributed by atoms with Gasteiger partial charge in [0, 0.05) is 0 Å². The first-order valence-electron chi connectivity index (χ1n) is 6.80. The minimum absolute atomic E-state index is 0.735. The summed E-state index contributed by atoms with van der Waals surface area (Å²) in [6, 6.07) is 4.19. The summed E-state index contributed by atoms with van der Waals surface area (Å²) in [6.45, 7) is 4.49. The van der Waals surface area contributed by atoms with E-state index in [0.717, 1.165) is 42.6 Å². The molecule has 0 saturated carbocycles. The van der Waals surface area contributed by atoms with Gasteiger partial charge in [-0.25, -0.2) is 0 Å². The maximum Gasteiger partial charge on any atom is 0.137 e. The van der Waals surface area contributed by atoms with Crippen LogP contribution in [0.15, 0.2) is 12.1 Å². The zero-order valence-corrected chi connectivity index (χ0v) is 12.0. The van der Waals surface area contributed by atoms with Crippen molar-refractivity contribution in [3.05, 3.63) is 28.3 Å². The molecule has 3 heteroatoms. The normalized spacial score (nSPS) is 16.8. The van der Waals surface area contributed by atoms with Crippen LogP contribution in [0, 0.1) is 5.92 Å². The first-order chi connectivity index (χ1) is 8.74. The summed E-state index contributed by atoms with van der Waals surface area (Å²) < 4.78 is 5.29. The molecule has 0 amide bonds. The van der Waals surface area contributed by atoms with Crippen molar-refractivity contribution in [1.29, 1.82) is 0 Å². The van der Waals surface area contributed by atoms with Crippen molar-refractivity contribution in [2.45, 2.75) is 32.6 Å². The summed E-state index contributed by atoms with van der Waals surface area (Å²) in [5.74, 6) is 1.59. The Bertz CT molecular complexity index is 400. The van der Waals surface area contributed by atoms with Gasteiger partial charge in [-0.05, 0) is 68.0 Å². The SMILES string of the molecule is CCc1cc(OC)c(Cl)cc1CC1CCNCC1. The molecule has 2 nitrogen and oxygen atoms in total. The van der Waals surface area contributed by atoms with Gasteiger partial charge in [-0.1, -0.05) is 18.5 Å². The van der Waals surface area contributed by atoms with E-state index in [9.17, 15) is 0 Å². The van der Waals surface area contributed by atoms with E-state index in [4.69, 9.17) is 16.3 Å². The minimum Gasteiger partial charge on any atom is -0.495 e. The molecule has 0 aliphatic carbocycles. The van der Waals surface area contributed by atoms with Crippen molar-refractivity contribution in [2.24, 2.45) is 5.92 Å². The molecular weight excluding hydrogens is 246 g/mol. The Morgan fingerprint density at radius 2 is 2.00 bits per heavy atom. The highest BCUT2D eigenvalue weighted by Crippen LogP contribution is 2.31. The molecule has 100 valence electrons. The Hall–Kier alpha value is -0.730. The van der Waals surface area contributed by atoms with Gasteiger partial charge < -0.3 is 10.1 Å². The number of hydrogen-bond donors (Lipinski definition) is 1. The van der Waals surface area contributed by atoms with Crippen LogP contribution in [0.1, 0.15) is 30.9 Å². The second-order valence-electron chi connectivity index (χ2n) is 5.01. The van der Waals surface area contributed by atoms with Crippen LogP contribution in [0.25, 0.3) is 0 Å². The van der Waals surface area contributed by atoms with E-state index < -0.39 is 0 Å². The van der Waals surface area contributed by atoms with Crippen LogP contribution < -0.4 is 10.1 Å². The zero-order chi connectivity index (χ0) is 13.0. The first-order valence-corrected chi connectivity index (χ1v) is 7.18. The molecule has 1 aliphatic heterocycles. The van der Waals surface area contributed by atoms with Gasteiger partial charge in [0.2, 0.25) is 0 Å². The highest BCUT2D eigenvalue weighted by atomic mass is 35.5. The van der Waals surface area contributed by atoms with Crippen molar-refractivity contribution < 1.29 is 4.74 Å². The molecule has 18 heavy (non-hydrogen) atoms. The van der Waals surface area contributed by atoms with E-state index >= 15 is 0 Å². The highest BCUT2D eigenvalue weighted by Gasteiger charge is 2.16. The Labute approximate surface area is 115 Å². The number of piperidine rings is 1. The van der Waals surface area contributed by atoms with Gasteiger partial charge in [0.05, 0.1) is 12.1 Å². The molecule has 0 spiro atoms. The monoisotopic (exact) mass is 267 g/mol. The van der Waals surface area contributed by atoms with E-state index in [0.29, 0.717) is 0 Å². The average molecular weight is 268 g/mol. The second kappa shape index (κ2) is 6.44. The largest absolute Gasteiger partial charge is 0.495 e. The predicted molar refractivity (Wildman–Crippen MR) is 76.7 cm³/mol. The molecule has 1 N–H and O–H groups in total. The molecule has 0 aromatic heterocycles. The number of methoxy groups -OCH3 is 1. The van der Waals surface area contributed by atoms with Gasteiger partial charge in [0.25, 0.3) is 0 Å². The molecule has 1 heterocycles. The van der Waals surface area contributed by atoms with Gasteiger partial charge in [0.15, 0.2) is 0 Å². The van der Waals surface area contributed by atoms with Crippen LogP contribution in [0.5, 0.6) is 5.75 Å². The van der Waals surface area contributed by atoms with Gasteiger partial charge in [-0.2, -0.15) is 0 Å². The van der Waals surface area contributed by atoms with Crippen molar-refractivity contribution in [3.63, 3.8) is 0 Å². The third kappa shape index (κ3) is 3.18. The fourth-order valence-corrected chi connectivity index (χ4v) is 2.97. The van der Waals surface area contributed by atoms with Crippen molar-refractivity contribution >= 4 is 11.6 Å². The van der Waals surface area contributed by atoms with Crippen LogP contribution >= 0.6 is 11.6 Å². The maximum atomic E-state index is 6.24. The molecular formula is C15H22ClNO. The lowest BCUT2D eigenvalue weighted by atomic mass is 9.88. The van der Waals surface area contributed by atoms with E-state index in [1.807, 2.05) is 0 Å². The summed E-state index contributed by atoms with van der Waals surface area (Å²) in [5, 5.41) is 4.15. The van der Waals surface area contributed by atoms with E-state index in [1.54, 1.807) is 7.11 Å². The summed E-state index contributed by atoms with van der Waals surface area (Å²) in [5.41, 5.74) is 2.77. The molecule has 0 radical (unpaired) electrons. The number of halogens is 1. The Balaban J connectivity index is 2.17. The lowest BCUT2D eigenvalue weighted by Gasteiger charge is -2.24. The predicted octanol–water partition coefficient (Wildman–Crippen LogP) is 3.45. The van der Waals surface area contributed by atoms with E-state index in [1.165, 1.54) is 24.0 Å². The smallest absolute Gasteiger partial charge is 0.137 e. The number of hydrogen-bond acceptors (Lipinski definition) is 2. The zero-order valence-electron chi connectivity index (χ0n) is 11.3. The van der Waals surface area contributed by atoms with E-state index in [2.05, 4.69) is 24.4 Å². The van der Waals surface area contributed by atoms with Crippen LogP contribution in [-0.4, -0.2) is 20.2 Å². The number of aryl methyl sites for hydroxylation is 1. The number of rotatable bonds is 4. The first kappa shape index (κ1) is 13.7. The molecule has 0 atom stereocenters. The Kier molecular flexibility index (Phi) is 4.90. The lowest BCUT2D eigenvalue weighted by Crippen LogP contribution is -2.28. The summed E-state index contributed by atoms with van der Waals surface area (Å²) in [7, 11) is 1.67. The second-order valence-corrected chi connectivity index (χ2v) is 5.41. The minimum atomic E-state index is 0.735. The number of ether oxygens (including phenoxy) is 1. The molecule has 2 rings (SSSR count). The topological polar surface area (TPSA) is 21.3 Å². The fourth-order valence-electron chi connectivity index (χ4n) is 2.71. The molecule has 0 unspecified atom stereocenters. The number of benzene rings is 1. The van der Waals surface area contributed by atoms with Crippen LogP contribution in [0.4, 0.5) is 0 Å². The Morgan fingerprint density at radius 1 is 1.28 bits per heavy atom. The van der Waals surface area contributed by atoms with Gasteiger partial charge in [-0.15, -0.1) is 0 Å². The third-order valence-corrected chi connectivity index (χ3v) is 4.12. The molecule has 1 fully saturated rings. The van der Waals surface area contributed by atoms with Crippen molar-refractivity contribution in [1.82, 2.24) is 5.32 Å². The maximum absolute atomic E-state index is 6.24.